The zero-order valence-electron chi connectivity index (χ0n) is 9.39. The normalized spacial score (nSPS) is 13.3. The summed E-state index contributed by atoms with van der Waals surface area (Å²) in [6.45, 7) is 6.32. The van der Waals surface area contributed by atoms with Crippen molar-refractivity contribution in [2.75, 3.05) is 7.05 Å². The quantitative estimate of drug-likeness (QED) is 0.617. The first-order valence-electron chi connectivity index (χ1n) is 5.33. The number of carbonyl (C=O) groups is 1. The molecule has 13 heavy (non-hydrogen) atoms. The van der Waals surface area contributed by atoms with Crippen LogP contribution in [0.2, 0.25) is 0 Å². The first-order chi connectivity index (χ1) is 6.13. The highest BCUT2D eigenvalue weighted by Gasteiger charge is 2.18. The predicted molar refractivity (Wildman–Crippen MR) is 56.8 cm³/mol. The minimum Gasteiger partial charge on any atom is -0.310 e. The molecule has 0 spiro atoms. The van der Waals surface area contributed by atoms with Crippen molar-refractivity contribution in [3.63, 3.8) is 0 Å². The van der Waals surface area contributed by atoms with Gasteiger partial charge in [0.15, 0.2) is 0 Å². The standard InChI is InChI=1S/C11H23NO/c1-5-6-7-8-10(13)11(12-4)9(2)3/h9,11-12H,5-8H2,1-4H3/t11-/m0/s1. The molecule has 0 aliphatic rings. The van der Waals surface area contributed by atoms with Crippen molar-refractivity contribution < 1.29 is 4.79 Å². The predicted octanol–water partition coefficient (Wildman–Crippen LogP) is 2.38. The minimum atomic E-state index is 0.0526. The maximum atomic E-state index is 11.6. The Hall–Kier alpha value is -0.370. The largest absolute Gasteiger partial charge is 0.310 e. The van der Waals surface area contributed by atoms with Crippen molar-refractivity contribution in [3.8, 4) is 0 Å². The third-order valence-electron chi connectivity index (χ3n) is 2.35. The maximum absolute atomic E-state index is 11.6. The van der Waals surface area contributed by atoms with E-state index in [9.17, 15) is 4.79 Å². The van der Waals surface area contributed by atoms with Crippen molar-refractivity contribution in [2.24, 2.45) is 5.92 Å². The van der Waals surface area contributed by atoms with Crippen LogP contribution in [0.5, 0.6) is 0 Å². The fourth-order valence-corrected chi connectivity index (χ4v) is 1.57. The average Bonchev–Trinajstić information content (AvgIpc) is 2.05. The van der Waals surface area contributed by atoms with Crippen LogP contribution in [0, 0.1) is 5.92 Å². The van der Waals surface area contributed by atoms with Crippen molar-refractivity contribution in [1.29, 1.82) is 0 Å². The van der Waals surface area contributed by atoms with Crippen molar-refractivity contribution in [3.05, 3.63) is 0 Å². The van der Waals surface area contributed by atoms with E-state index in [1.54, 1.807) is 0 Å². The van der Waals surface area contributed by atoms with Crippen LogP contribution in [0.1, 0.15) is 46.5 Å². The van der Waals surface area contributed by atoms with Gasteiger partial charge in [0.25, 0.3) is 0 Å². The summed E-state index contributed by atoms with van der Waals surface area (Å²) >= 11 is 0. The van der Waals surface area contributed by atoms with Gasteiger partial charge in [-0.15, -0.1) is 0 Å². The summed E-state index contributed by atoms with van der Waals surface area (Å²) in [4.78, 5) is 11.6. The Kier molecular flexibility index (Phi) is 6.87. The molecule has 1 N–H and O–H groups in total. The number of nitrogens with one attached hydrogen (secondary N) is 1. The van der Waals surface area contributed by atoms with Crippen LogP contribution in [-0.4, -0.2) is 18.9 Å². The van der Waals surface area contributed by atoms with E-state index in [1.165, 1.54) is 12.8 Å². The molecule has 0 aromatic heterocycles. The van der Waals surface area contributed by atoms with Gasteiger partial charge in [0.1, 0.15) is 5.78 Å². The van der Waals surface area contributed by atoms with Crippen LogP contribution in [0.3, 0.4) is 0 Å². The average molecular weight is 185 g/mol. The van der Waals surface area contributed by atoms with Gasteiger partial charge in [0, 0.05) is 6.42 Å². The number of unbranched alkanes of at least 4 members (excludes halogenated alkanes) is 2. The molecule has 0 aromatic carbocycles. The lowest BCUT2D eigenvalue weighted by Gasteiger charge is -2.18. The van der Waals surface area contributed by atoms with Crippen LogP contribution >= 0.6 is 0 Å². The summed E-state index contributed by atoms with van der Waals surface area (Å²) in [5.41, 5.74) is 0. The monoisotopic (exact) mass is 185 g/mol. The van der Waals surface area contributed by atoms with E-state index in [0.717, 1.165) is 12.8 Å². The Bertz CT molecular complexity index is 143. The SMILES string of the molecule is CCCCCC(=O)[C@@H](NC)C(C)C. The minimum absolute atomic E-state index is 0.0526. The fraction of sp³-hybridized carbons (Fsp3) is 0.909. The second-order valence-corrected chi connectivity index (χ2v) is 3.93. The van der Waals surface area contributed by atoms with E-state index in [-0.39, 0.29) is 6.04 Å². The van der Waals surface area contributed by atoms with Crippen LogP contribution in [-0.2, 0) is 4.79 Å². The Morgan fingerprint density at radius 1 is 1.31 bits per heavy atom. The van der Waals surface area contributed by atoms with Crippen LogP contribution < -0.4 is 5.32 Å². The molecule has 1 atom stereocenters. The highest BCUT2D eigenvalue weighted by Crippen LogP contribution is 2.08. The van der Waals surface area contributed by atoms with Gasteiger partial charge in [0.2, 0.25) is 0 Å². The van der Waals surface area contributed by atoms with Gasteiger partial charge in [-0.1, -0.05) is 33.6 Å². The highest BCUT2D eigenvalue weighted by molar-refractivity contribution is 5.84. The number of rotatable bonds is 7. The van der Waals surface area contributed by atoms with Crippen molar-refractivity contribution in [2.45, 2.75) is 52.5 Å². The summed E-state index contributed by atoms with van der Waals surface area (Å²) in [7, 11) is 1.86. The van der Waals surface area contributed by atoms with Gasteiger partial charge in [-0.3, -0.25) is 4.79 Å². The molecule has 0 aliphatic heterocycles. The molecule has 0 saturated carbocycles. The van der Waals surface area contributed by atoms with Crippen LogP contribution in [0.25, 0.3) is 0 Å². The number of likely N-dealkylation sites (N-methyl/N-ethyl adjacent to an activating group) is 1. The smallest absolute Gasteiger partial charge is 0.149 e. The molecule has 0 heterocycles. The van der Waals surface area contributed by atoms with Gasteiger partial charge in [-0.25, -0.2) is 0 Å². The van der Waals surface area contributed by atoms with Gasteiger partial charge in [0.05, 0.1) is 6.04 Å². The summed E-state index contributed by atoms with van der Waals surface area (Å²) in [5, 5.41) is 3.08. The van der Waals surface area contributed by atoms with Gasteiger partial charge in [-0.2, -0.15) is 0 Å². The van der Waals surface area contributed by atoms with Crippen LogP contribution in [0.4, 0.5) is 0 Å². The molecule has 0 rings (SSSR count). The third kappa shape index (κ3) is 5.04. The Labute approximate surface area is 82.1 Å². The van der Waals surface area contributed by atoms with E-state index in [1.807, 2.05) is 7.05 Å². The van der Waals surface area contributed by atoms with E-state index in [2.05, 4.69) is 26.1 Å². The van der Waals surface area contributed by atoms with Gasteiger partial charge >= 0.3 is 0 Å². The third-order valence-corrected chi connectivity index (χ3v) is 2.35. The van der Waals surface area contributed by atoms with Gasteiger partial charge in [-0.05, 0) is 19.4 Å². The molecule has 0 amide bonds. The number of hydrogen-bond donors (Lipinski definition) is 1. The molecule has 0 radical (unpaired) electrons. The Balaban J connectivity index is 3.78. The molecule has 0 unspecified atom stereocenters. The number of hydrogen-bond acceptors (Lipinski definition) is 2. The topological polar surface area (TPSA) is 29.1 Å². The second-order valence-electron chi connectivity index (χ2n) is 3.93. The zero-order chi connectivity index (χ0) is 10.3. The lowest BCUT2D eigenvalue weighted by atomic mass is 9.96. The summed E-state index contributed by atoms with van der Waals surface area (Å²) in [5.74, 6) is 0.769. The molecule has 0 fully saturated rings. The zero-order valence-corrected chi connectivity index (χ0v) is 9.39. The summed E-state index contributed by atoms with van der Waals surface area (Å²) in [6.07, 6.45) is 4.12. The van der Waals surface area contributed by atoms with Gasteiger partial charge < -0.3 is 5.32 Å². The van der Waals surface area contributed by atoms with E-state index < -0.39 is 0 Å². The van der Waals surface area contributed by atoms with E-state index >= 15 is 0 Å². The highest BCUT2D eigenvalue weighted by atomic mass is 16.1. The molecule has 0 saturated heterocycles. The number of Topliss-reactive ketones (excluding diaryl/α,β-unsaturated/α-hetero) is 1. The molecule has 78 valence electrons. The van der Waals surface area contributed by atoms with Crippen molar-refractivity contribution >= 4 is 5.78 Å². The maximum Gasteiger partial charge on any atom is 0.149 e. The lowest BCUT2D eigenvalue weighted by molar-refractivity contribution is -0.122. The molecular formula is C11H23NO. The Morgan fingerprint density at radius 2 is 1.92 bits per heavy atom. The fourth-order valence-electron chi connectivity index (χ4n) is 1.57. The molecule has 0 aliphatic carbocycles. The molecule has 2 nitrogen and oxygen atoms in total. The molecule has 0 aromatic rings. The Morgan fingerprint density at radius 3 is 2.31 bits per heavy atom. The summed E-state index contributed by atoms with van der Waals surface area (Å²) in [6, 6.07) is 0.0526. The number of carbonyl (C=O) groups excluding carboxylic acids is 1. The van der Waals surface area contributed by atoms with E-state index in [0.29, 0.717) is 11.7 Å². The van der Waals surface area contributed by atoms with Crippen molar-refractivity contribution in [1.82, 2.24) is 5.32 Å². The van der Waals surface area contributed by atoms with Crippen LogP contribution in [0.15, 0.2) is 0 Å². The molecule has 2 heteroatoms. The first kappa shape index (κ1) is 12.6. The molecular weight excluding hydrogens is 162 g/mol. The second kappa shape index (κ2) is 7.07. The first-order valence-corrected chi connectivity index (χ1v) is 5.33. The lowest BCUT2D eigenvalue weighted by Crippen LogP contribution is -2.38. The molecule has 0 bridgehead atoms. The number of ketones is 1. The van der Waals surface area contributed by atoms with E-state index in [4.69, 9.17) is 0 Å². The summed E-state index contributed by atoms with van der Waals surface area (Å²) < 4.78 is 0.